The van der Waals surface area contributed by atoms with Crippen LogP contribution in [0.15, 0.2) is 48.2 Å². The molecular weight excluding hydrogens is 285 g/mol. The molecule has 0 spiro atoms. The fraction of sp³-hybridized carbons (Fsp3) is 0.0588. The first kappa shape index (κ1) is 13.8. The quantitative estimate of drug-likeness (QED) is 0.815. The first-order valence-corrected chi connectivity index (χ1v) is 6.51. The summed E-state index contributed by atoms with van der Waals surface area (Å²) in [5, 5.41) is 8.49. The number of allylic oxidation sites excluding steroid dienone is 1. The van der Waals surface area contributed by atoms with E-state index in [1.165, 1.54) is 18.2 Å². The molecule has 2 aromatic carbocycles. The molecule has 0 aliphatic carbocycles. The van der Waals surface area contributed by atoms with E-state index in [0.717, 1.165) is 0 Å². The third-order valence-corrected chi connectivity index (χ3v) is 3.09. The molecule has 0 atom stereocenters. The van der Waals surface area contributed by atoms with Crippen molar-refractivity contribution in [3.8, 4) is 17.6 Å². The fourth-order valence-corrected chi connectivity index (χ4v) is 2.12. The van der Waals surface area contributed by atoms with Crippen molar-refractivity contribution in [1.82, 2.24) is 0 Å². The van der Waals surface area contributed by atoms with E-state index in [0.29, 0.717) is 22.6 Å². The molecular formula is C17H10FNO3. The Bertz CT molecular complexity index is 821. The molecule has 0 radical (unpaired) electrons. The van der Waals surface area contributed by atoms with Gasteiger partial charge in [0.2, 0.25) is 5.78 Å². The zero-order valence-corrected chi connectivity index (χ0v) is 11.4. The van der Waals surface area contributed by atoms with Gasteiger partial charge in [-0.2, -0.15) is 5.26 Å². The van der Waals surface area contributed by atoms with Crippen LogP contribution in [0.25, 0.3) is 6.08 Å². The molecule has 2 aromatic rings. The summed E-state index contributed by atoms with van der Waals surface area (Å²) in [4.78, 5) is 12.2. The first-order chi connectivity index (χ1) is 10.7. The number of ether oxygens (including phenoxy) is 2. The Morgan fingerprint density at radius 3 is 2.91 bits per heavy atom. The van der Waals surface area contributed by atoms with E-state index in [2.05, 4.69) is 0 Å². The Kier molecular flexibility index (Phi) is 3.58. The smallest absolute Gasteiger partial charge is 0.231 e. The van der Waals surface area contributed by atoms with Crippen molar-refractivity contribution in [1.29, 1.82) is 5.26 Å². The topological polar surface area (TPSA) is 59.3 Å². The molecule has 1 aliphatic rings. The van der Waals surface area contributed by atoms with Gasteiger partial charge in [0.25, 0.3) is 0 Å². The summed E-state index contributed by atoms with van der Waals surface area (Å²) >= 11 is 0. The van der Waals surface area contributed by atoms with Gasteiger partial charge in [-0.05, 0) is 35.9 Å². The predicted molar refractivity (Wildman–Crippen MR) is 76.9 cm³/mol. The number of carbonyl (C=O) groups excluding carboxylic acids is 1. The van der Waals surface area contributed by atoms with E-state index >= 15 is 0 Å². The number of ketones is 1. The lowest BCUT2D eigenvalue weighted by Crippen LogP contribution is -1.98. The molecule has 0 saturated carbocycles. The molecule has 0 fully saturated rings. The van der Waals surface area contributed by atoms with Gasteiger partial charge in [-0.15, -0.1) is 0 Å². The van der Waals surface area contributed by atoms with Gasteiger partial charge in [0.05, 0.1) is 5.56 Å². The maximum Gasteiger partial charge on any atom is 0.231 e. The second kappa shape index (κ2) is 5.70. The van der Waals surface area contributed by atoms with Gasteiger partial charge in [0, 0.05) is 6.07 Å². The highest BCUT2D eigenvalue weighted by molar-refractivity contribution is 6.14. The van der Waals surface area contributed by atoms with Crippen molar-refractivity contribution in [3.05, 3.63) is 65.2 Å². The number of fused-ring (bicyclic) bond motifs is 1. The summed E-state index contributed by atoms with van der Waals surface area (Å²) in [7, 11) is 0. The summed E-state index contributed by atoms with van der Waals surface area (Å²) in [6, 6.07) is 12.5. The van der Waals surface area contributed by atoms with Crippen LogP contribution in [-0.2, 0) is 0 Å². The van der Waals surface area contributed by atoms with Crippen molar-refractivity contribution in [3.63, 3.8) is 0 Å². The third kappa shape index (κ3) is 2.67. The SMILES string of the molecule is N#CCOc1ccc2c(c1)O/C(=C\c1cccc(F)c1)C2=O. The van der Waals surface area contributed by atoms with E-state index in [1.54, 1.807) is 30.3 Å². The van der Waals surface area contributed by atoms with Crippen molar-refractivity contribution in [2.75, 3.05) is 6.61 Å². The van der Waals surface area contributed by atoms with Gasteiger partial charge < -0.3 is 9.47 Å². The Morgan fingerprint density at radius 1 is 1.27 bits per heavy atom. The van der Waals surface area contributed by atoms with Gasteiger partial charge in [-0.3, -0.25) is 4.79 Å². The molecule has 0 amide bonds. The van der Waals surface area contributed by atoms with Crippen LogP contribution >= 0.6 is 0 Å². The number of halogens is 1. The molecule has 0 unspecified atom stereocenters. The van der Waals surface area contributed by atoms with E-state index in [4.69, 9.17) is 14.7 Å². The lowest BCUT2D eigenvalue weighted by atomic mass is 10.1. The van der Waals surface area contributed by atoms with E-state index < -0.39 is 0 Å². The molecule has 3 rings (SSSR count). The predicted octanol–water partition coefficient (Wildman–Crippen LogP) is 3.34. The number of nitrogens with zero attached hydrogens (tertiary/aromatic N) is 1. The Hall–Kier alpha value is -3.13. The van der Waals surface area contributed by atoms with Crippen LogP contribution in [0.2, 0.25) is 0 Å². The number of carbonyl (C=O) groups is 1. The van der Waals surface area contributed by atoms with Crippen LogP contribution in [0.3, 0.4) is 0 Å². The Balaban J connectivity index is 1.89. The van der Waals surface area contributed by atoms with Crippen LogP contribution in [0.5, 0.6) is 11.5 Å². The highest BCUT2D eigenvalue weighted by atomic mass is 19.1. The van der Waals surface area contributed by atoms with Crippen molar-refractivity contribution in [2.24, 2.45) is 0 Å². The minimum absolute atomic E-state index is 0.0846. The second-order valence-electron chi connectivity index (χ2n) is 4.60. The van der Waals surface area contributed by atoms with Crippen LogP contribution < -0.4 is 9.47 Å². The maximum atomic E-state index is 13.2. The maximum absolute atomic E-state index is 13.2. The van der Waals surface area contributed by atoms with Crippen LogP contribution in [0.4, 0.5) is 4.39 Å². The fourth-order valence-electron chi connectivity index (χ4n) is 2.12. The molecule has 0 aromatic heterocycles. The third-order valence-electron chi connectivity index (χ3n) is 3.09. The summed E-state index contributed by atoms with van der Waals surface area (Å²) in [5.41, 5.74) is 0.948. The standard InChI is InChI=1S/C17H10FNO3/c18-12-3-1-2-11(8-12)9-16-17(20)14-5-4-13(21-7-6-19)10-15(14)22-16/h1-5,8-10H,7H2/b16-9-. The first-order valence-electron chi connectivity index (χ1n) is 6.51. The lowest BCUT2D eigenvalue weighted by Gasteiger charge is -2.03. The summed E-state index contributed by atoms with van der Waals surface area (Å²) in [6.45, 7) is -0.0846. The molecule has 1 heterocycles. The molecule has 108 valence electrons. The van der Waals surface area contributed by atoms with Crippen molar-refractivity contribution >= 4 is 11.9 Å². The average Bonchev–Trinajstić information content (AvgIpc) is 2.81. The van der Waals surface area contributed by atoms with Crippen molar-refractivity contribution < 1.29 is 18.7 Å². The van der Waals surface area contributed by atoms with Gasteiger partial charge in [0.1, 0.15) is 23.4 Å². The van der Waals surface area contributed by atoms with E-state index in [9.17, 15) is 9.18 Å². The lowest BCUT2D eigenvalue weighted by molar-refractivity contribution is 0.101. The van der Waals surface area contributed by atoms with Gasteiger partial charge in [0.15, 0.2) is 12.4 Å². The number of nitriles is 1. The highest BCUT2D eigenvalue weighted by Crippen LogP contribution is 2.34. The number of hydrogen-bond acceptors (Lipinski definition) is 4. The highest BCUT2D eigenvalue weighted by Gasteiger charge is 2.27. The molecule has 0 bridgehead atoms. The van der Waals surface area contributed by atoms with Crippen LogP contribution in [0.1, 0.15) is 15.9 Å². The average molecular weight is 295 g/mol. The number of benzene rings is 2. The molecule has 22 heavy (non-hydrogen) atoms. The van der Waals surface area contributed by atoms with Gasteiger partial charge >= 0.3 is 0 Å². The van der Waals surface area contributed by atoms with E-state index in [-0.39, 0.29) is 24.0 Å². The largest absolute Gasteiger partial charge is 0.479 e. The zero-order chi connectivity index (χ0) is 15.5. The number of Topliss-reactive ketones (excluding diaryl/α,β-unsaturated/α-hetero) is 1. The Labute approximate surface area is 126 Å². The minimum Gasteiger partial charge on any atom is -0.479 e. The Morgan fingerprint density at radius 2 is 2.14 bits per heavy atom. The molecule has 0 saturated heterocycles. The van der Waals surface area contributed by atoms with Crippen molar-refractivity contribution in [2.45, 2.75) is 0 Å². The molecule has 0 N–H and O–H groups in total. The van der Waals surface area contributed by atoms with Crippen LogP contribution in [0, 0.1) is 17.1 Å². The minimum atomic E-state index is -0.385. The molecule has 4 nitrogen and oxygen atoms in total. The summed E-state index contributed by atoms with van der Waals surface area (Å²) < 4.78 is 23.8. The molecule has 1 aliphatic heterocycles. The second-order valence-corrected chi connectivity index (χ2v) is 4.60. The zero-order valence-electron chi connectivity index (χ0n) is 11.4. The van der Waals surface area contributed by atoms with Gasteiger partial charge in [-0.25, -0.2) is 4.39 Å². The monoisotopic (exact) mass is 295 g/mol. The number of rotatable bonds is 3. The normalized spacial score (nSPS) is 14.4. The van der Waals surface area contributed by atoms with E-state index in [1.807, 2.05) is 6.07 Å². The molecule has 5 heteroatoms. The van der Waals surface area contributed by atoms with Crippen LogP contribution in [-0.4, -0.2) is 12.4 Å². The van der Waals surface area contributed by atoms with Gasteiger partial charge in [-0.1, -0.05) is 12.1 Å². The summed E-state index contributed by atoms with van der Waals surface area (Å²) in [5.74, 6) is 0.275. The summed E-state index contributed by atoms with van der Waals surface area (Å²) in [6.07, 6.45) is 1.49. The number of hydrogen-bond donors (Lipinski definition) is 0.